The number of hydrogen-bond acceptors (Lipinski definition) is 6. The third-order valence-corrected chi connectivity index (χ3v) is 6.21. The van der Waals surface area contributed by atoms with Gasteiger partial charge in [0.2, 0.25) is 0 Å². The molecule has 0 bridgehead atoms. The number of rotatable bonds is 6. The molecule has 4 aromatic rings. The summed E-state index contributed by atoms with van der Waals surface area (Å²) in [5, 5.41) is 14.4. The van der Waals surface area contributed by atoms with Gasteiger partial charge in [0.25, 0.3) is 11.5 Å². The SMILES string of the molecule is COc1ccc(F)cc1C(=O)NCc1ccc(-c2nn(C3(C)CC3)c3c(=O)[nH]nc(N)c23)cc1. The Balaban J connectivity index is 1.41. The van der Waals surface area contributed by atoms with E-state index in [0.717, 1.165) is 30.0 Å². The van der Waals surface area contributed by atoms with Crippen molar-refractivity contribution in [3.8, 4) is 17.0 Å². The molecule has 34 heavy (non-hydrogen) atoms. The van der Waals surface area contributed by atoms with Crippen molar-refractivity contribution in [2.45, 2.75) is 31.8 Å². The molecule has 1 amide bonds. The molecule has 4 N–H and O–H groups in total. The minimum absolute atomic E-state index is 0.123. The van der Waals surface area contributed by atoms with Gasteiger partial charge in [-0.2, -0.15) is 10.2 Å². The maximum Gasteiger partial charge on any atom is 0.290 e. The summed E-state index contributed by atoms with van der Waals surface area (Å²) in [6.07, 6.45) is 1.86. The maximum absolute atomic E-state index is 13.6. The van der Waals surface area contributed by atoms with Crippen LogP contribution in [-0.2, 0) is 12.1 Å². The summed E-state index contributed by atoms with van der Waals surface area (Å²) in [5.41, 5.74) is 8.31. The zero-order chi connectivity index (χ0) is 24.0. The third kappa shape index (κ3) is 3.66. The summed E-state index contributed by atoms with van der Waals surface area (Å²) in [4.78, 5) is 25.1. The second-order valence-corrected chi connectivity index (χ2v) is 8.64. The second-order valence-electron chi connectivity index (χ2n) is 8.64. The number of nitrogens with one attached hydrogen (secondary N) is 2. The molecule has 2 heterocycles. The predicted molar refractivity (Wildman–Crippen MR) is 125 cm³/mol. The number of aromatic nitrogens is 4. The fraction of sp³-hybridized carbons (Fsp3) is 0.250. The molecule has 0 aliphatic heterocycles. The van der Waals surface area contributed by atoms with Crippen molar-refractivity contribution < 1.29 is 13.9 Å². The summed E-state index contributed by atoms with van der Waals surface area (Å²) in [6.45, 7) is 2.29. The Hall–Kier alpha value is -4.21. The van der Waals surface area contributed by atoms with E-state index >= 15 is 0 Å². The lowest BCUT2D eigenvalue weighted by atomic mass is 10.1. The van der Waals surface area contributed by atoms with Gasteiger partial charge in [0.15, 0.2) is 5.82 Å². The van der Waals surface area contributed by atoms with Gasteiger partial charge >= 0.3 is 0 Å². The van der Waals surface area contributed by atoms with Crippen molar-refractivity contribution in [2.75, 3.05) is 12.8 Å². The van der Waals surface area contributed by atoms with Crippen LogP contribution in [0, 0.1) is 5.82 Å². The highest BCUT2D eigenvalue weighted by Gasteiger charge is 2.42. The zero-order valence-electron chi connectivity index (χ0n) is 18.7. The van der Waals surface area contributed by atoms with Crippen LogP contribution in [0.4, 0.5) is 10.2 Å². The van der Waals surface area contributed by atoms with Gasteiger partial charge in [-0.15, -0.1) is 0 Å². The third-order valence-electron chi connectivity index (χ3n) is 6.21. The first-order valence-electron chi connectivity index (χ1n) is 10.8. The van der Waals surface area contributed by atoms with Crippen molar-refractivity contribution in [3.05, 3.63) is 69.8 Å². The molecular formula is C24H23FN6O3. The molecule has 2 aromatic carbocycles. The number of nitrogens with zero attached hydrogens (tertiary/aromatic N) is 3. The van der Waals surface area contributed by atoms with Crippen LogP contribution in [0.3, 0.4) is 0 Å². The lowest BCUT2D eigenvalue weighted by Gasteiger charge is -2.10. The van der Waals surface area contributed by atoms with E-state index in [2.05, 4.69) is 22.4 Å². The molecule has 1 fully saturated rings. The Kier molecular flexibility index (Phi) is 5.07. The van der Waals surface area contributed by atoms with Crippen LogP contribution in [0.5, 0.6) is 5.75 Å². The van der Waals surface area contributed by atoms with Crippen molar-refractivity contribution in [3.63, 3.8) is 0 Å². The van der Waals surface area contributed by atoms with E-state index in [-0.39, 0.29) is 29.0 Å². The zero-order valence-corrected chi connectivity index (χ0v) is 18.7. The summed E-state index contributed by atoms with van der Waals surface area (Å²) in [6, 6.07) is 11.2. The van der Waals surface area contributed by atoms with Crippen molar-refractivity contribution in [1.82, 2.24) is 25.3 Å². The first-order valence-corrected chi connectivity index (χ1v) is 10.8. The average Bonchev–Trinajstić information content (AvgIpc) is 3.44. The maximum atomic E-state index is 13.6. The number of nitrogen functional groups attached to an aromatic ring is 1. The standard InChI is InChI=1S/C24H23FN6O3/c1-24(9-10-24)31-20-18(21(26)28-29-23(20)33)19(30-31)14-5-3-13(4-6-14)12-27-22(32)16-11-15(25)7-8-17(16)34-2/h3-8,11H,9-10,12H2,1-2H3,(H2,26,28)(H,27,32)(H,29,33). The van der Waals surface area contributed by atoms with Crippen LogP contribution in [0.1, 0.15) is 35.7 Å². The Bertz CT molecular complexity index is 1470. The molecule has 0 spiro atoms. The summed E-state index contributed by atoms with van der Waals surface area (Å²) < 4.78 is 20.5. The topological polar surface area (TPSA) is 128 Å². The van der Waals surface area contributed by atoms with Crippen LogP contribution in [0.2, 0.25) is 0 Å². The second kappa shape index (κ2) is 7.98. The molecule has 2 aromatic heterocycles. The Morgan fingerprint density at radius 3 is 2.68 bits per heavy atom. The number of hydrogen-bond donors (Lipinski definition) is 3. The summed E-state index contributed by atoms with van der Waals surface area (Å²) in [5.74, 6) is -0.460. The fourth-order valence-corrected chi connectivity index (χ4v) is 3.99. The quantitative estimate of drug-likeness (QED) is 0.404. The number of carbonyl (C=O) groups is 1. The van der Waals surface area contributed by atoms with E-state index in [1.807, 2.05) is 24.3 Å². The van der Waals surface area contributed by atoms with Crippen molar-refractivity contribution >= 4 is 22.6 Å². The van der Waals surface area contributed by atoms with E-state index in [9.17, 15) is 14.0 Å². The van der Waals surface area contributed by atoms with Crippen LogP contribution < -0.4 is 21.3 Å². The molecular weight excluding hydrogens is 439 g/mol. The molecule has 0 saturated heterocycles. The van der Waals surface area contributed by atoms with E-state index in [1.54, 1.807) is 4.68 Å². The number of nitrogens with two attached hydrogens (primary N) is 1. The molecule has 174 valence electrons. The Morgan fingerprint density at radius 2 is 2.00 bits per heavy atom. The van der Waals surface area contributed by atoms with Gasteiger partial charge in [-0.3, -0.25) is 14.3 Å². The number of anilines is 1. The minimum Gasteiger partial charge on any atom is -0.496 e. The van der Waals surface area contributed by atoms with Gasteiger partial charge in [0.1, 0.15) is 22.8 Å². The molecule has 1 aliphatic rings. The molecule has 1 saturated carbocycles. The van der Waals surface area contributed by atoms with E-state index in [1.165, 1.54) is 19.2 Å². The highest BCUT2D eigenvalue weighted by molar-refractivity contribution is 6.00. The summed E-state index contributed by atoms with van der Waals surface area (Å²) in [7, 11) is 1.42. The molecule has 1 aliphatic carbocycles. The number of aromatic amines is 1. The number of methoxy groups -OCH3 is 1. The molecule has 5 rings (SSSR count). The van der Waals surface area contributed by atoms with Gasteiger partial charge in [0.05, 0.1) is 23.6 Å². The Labute approximate surface area is 193 Å². The fourth-order valence-electron chi connectivity index (χ4n) is 3.99. The predicted octanol–water partition coefficient (Wildman–Crippen LogP) is 2.96. The average molecular weight is 462 g/mol. The van der Waals surface area contributed by atoms with E-state index < -0.39 is 11.7 Å². The molecule has 0 unspecified atom stereocenters. The number of ether oxygens (including phenoxy) is 1. The highest BCUT2D eigenvalue weighted by atomic mass is 19.1. The van der Waals surface area contributed by atoms with Gasteiger partial charge in [0, 0.05) is 12.1 Å². The number of amides is 1. The lowest BCUT2D eigenvalue weighted by molar-refractivity contribution is 0.0947. The normalized spacial score (nSPS) is 14.2. The first-order chi connectivity index (χ1) is 16.3. The van der Waals surface area contributed by atoms with Crippen LogP contribution in [0.25, 0.3) is 22.2 Å². The number of benzene rings is 2. The van der Waals surface area contributed by atoms with Crippen molar-refractivity contribution in [2.24, 2.45) is 0 Å². The lowest BCUT2D eigenvalue weighted by Crippen LogP contribution is -2.23. The first kappa shape index (κ1) is 21.6. The van der Waals surface area contributed by atoms with E-state index in [4.69, 9.17) is 15.6 Å². The van der Waals surface area contributed by atoms with Gasteiger partial charge in [-0.05, 0) is 43.5 Å². The largest absolute Gasteiger partial charge is 0.496 e. The van der Waals surface area contributed by atoms with Crippen LogP contribution in [0.15, 0.2) is 47.3 Å². The van der Waals surface area contributed by atoms with Gasteiger partial charge in [-0.25, -0.2) is 9.49 Å². The minimum atomic E-state index is -0.519. The number of fused-ring (bicyclic) bond motifs is 1. The Morgan fingerprint density at radius 1 is 1.26 bits per heavy atom. The molecule has 0 radical (unpaired) electrons. The molecule has 9 nitrogen and oxygen atoms in total. The van der Waals surface area contributed by atoms with Crippen LogP contribution >= 0.6 is 0 Å². The molecule has 0 atom stereocenters. The van der Waals surface area contributed by atoms with Gasteiger partial charge < -0.3 is 15.8 Å². The number of carbonyl (C=O) groups excluding carboxylic acids is 1. The van der Waals surface area contributed by atoms with Crippen LogP contribution in [-0.4, -0.2) is 33.0 Å². The number of halogens is 1. The highest BCUT2D eigenvalue weighted by Crippen LogP contribution is 2.45. The number of H-pyrrole nitrogens is 1. The summed E-state index contributed by atoms with van der Waals surface area (Å²) >= 11 is 0. The monoisotopic (exact) mass is 462 g/mol. The van der Waals surface area contributed by atoms with Crippen molar-refractivity contribution in [1.29, 1.82) is 0 Å². The smallest absolute Gasteiger partial charge is 0.290 e. The van der Waals surface area contributed by atoms with Gasteiger partial charge in [-0.1, -0.05) is 24.3 Å². The molecule has 10 heteroatoms. The van der Waals surface area contributed by atoms with E-state index in [0.29, 0.717) is 22.3 Å².